The number of nitrogen functional groups attached to an aromatic ring is 1. The van der Waals surface area contributed by atoms with E-state index in [4.69, 9.17) is 11.0 Å². The molecule has 1 heterocycles. The summed E-state index contributed by atoms with van der Waals surface area (Å²) in [4.78, 5) is 7.31. The number of aliphatic hydroxyl groups excluding tert-OH is 2. The molecule has 1 aromatic heterocycles. The first-order valence-electron chi connectivity index (χ1n) is 3.95. The van der Waals surface area contributed by atoms with Gasteiger partial charge in [-0.15, -0.1) is 0 Å². The summed E-state index contributed by atoms with van der Waals surface area (Å²) in [5.74, 6) is 0.0933. The smallest absolute Gasteiger partial charge is 0.219 e. The Bertz CT molecular complexity index is 332. The number of hydrogen-bond donors (Lipinski definition) is 3. The molecule has 0 bridgehead atoms. The Morgan fingerprint density at radius 3 is 2.50 bits per heavy atom. The van der Waals surface area contributed by atoms with Crippen LogP contribution < -0.4 is 5.73 Å². The summed E-state index contributed by atoms with van der Waals surface area (Å²) in [5, 5.41) is 27.1. The molecule has 6 heteroatoms. The molecule has 2 atom stereocenters. The molecule has 2 unspecified atom stereocenters. The number of nitrogens with two attached hydrogens (primary N) is 1. The quantitative estimate of drug-likeness (QED) is 0.589. The van der Waals surface area contributed by atoms with Gasteiger partial charge in [0.2, 0.25) is 5.95 Å². The summed E-state index contributed by atoms with van der Waals surface area (Å²) in [6.07, 6.45) is 0.190. The molecule has 1 aromatic rings. The minimum Gasteiger partial charge on any atom is -0.389 e. The highest BCUT2D eigenvalue weighted by atomic mass is 16.3. The molecule has 0 aliphatic carbocycles. The van der Waals surface area contributed by atoms with E-state index in [-0.39, 0.29) is 12.4 Å². The van der Waals surface area contributed by atoms with Gasteiger partial charge in [0.15, 0.2) is 0 Å². The van der Waals surface area contributed by atoms with Crippen molar-refractivity contribution < 1.29 is 10.2 Å². The van der Waals surface area contributed by atoms with Gasteiger partial charge in [0.1, 0.15) is 6.10 Å². The van der Waals surface area contributed by atoms with Crippen LogP contribution in [-0.4, -0.2) is 26.3 Å². The zero-order valence-corrected chi connectivity index (χ0v) is 7.33. The first kappa shape index (κ1) is 10.4. The number of nitrogens with zero attached hydrogens (tertiary/aromatic N) is 3. The van der Waals surface area contributed by atoms with Crippen molar-refractivity contribution in [1.29, 1.82) is 5.26 Å². The zero-order chi connectivity index (χ0) is 10.6. The third-order valence-electron chi connectivity index (χ3n) is 1.70. The fraction of sp³-hybridized carbons (Fsp3) is 0.375. The summed E-state index contributed by atoms with van der Waals surface area (Å²) in [6, 6.07) is 1.75. The van der Waals surface area contributed by atoms with Crippen molar-refractivity contribution in [2.24, 2.45) is 0 Å². The third-order valence-corrected chi connectivity index (χ3v) is 1.70. The van der Waals surface area contributed by atoms with Crippen LogP contribution in [0.5, 0.6) is 0 Å². The Morgan fingerprint density at radius 2 is 2.00 bits per heavy atom. The maximum atomic E-state index is 9.49. The Morgan fingerprint density at radius 1 is 1.43 bits per heavy atom. The molecular weight excluding hydrogens is 184 g/mol. The number of aliphatic hydroxyl groups is 2. The van der Waals surface area contributed by atoms with E-state index in [2.05, 4.69) is 9.97 Å². The van der Waals surface area contributed by atoms with Gasteiger partial charge in [-0.2, -0.15) is 5.26 Å². The van der Waals surface area contributed by atoms with Gasteiger partial charge in [-0.3, -0.25) is 0 Å². The molecule has 74 valence electrons. The Kier molecular flexibility index (Phi) is 3.34. The minimum atomic E-state index is -1.16. The summed E-state index contributed by atoms with van der Waals surface area (Å²) in [5.41, 5.74) is 5.58. The van der Waals surface area contributed by atoms with Crippen LogP contribution in [-0.2, 0) is 0 Å². The molecule has 0 aliphatic heterocycles. The Balaban J connectivity index is 2.74. The predicted molar refractivity (Wildman–Crippen MR) is 47.6 cm³/mol. The van der Waals surface area contributed by atoms with Crippen LogP contribution in [0.15, 0.2) is 12.4 Å². The second-order valence-electron chi connectivity index (χ2n) is 2.75. The SMILES string of the molecule is N#CCC(O)C(O)c1cnc(N)nc1. The maximum absolute atomic E-state index is 9.49. The fourth-order valence-corrected chi connectivity index (χ4v) is 0.928. The number of rotatable bonds is 3. The lowest BCUT2D eigenvalue weighted by Crippen LogP contribution is -2.18. The molecule has 0 saturated heterocycles. The molecular formula is C8H10N4O2. The monoisotopic (exact) mass is 194 g/mol. The van der Waals surface area contributed by atoms with Crippen molar-refractivity contribution in [1.82, 2.24) is 9.97 Å². The number of aromatic nitrogens is 2. The van der Waals surface area contributed by atoms with Gasteiger partial charge in [0.05, 0.1) is 18.6 Å². The summed E-state index contributed by atoms with van der Waals surface area (Å²) < 4.78 is 0. The average Bonchev–Trinajstić information content (AvgIpc) is 2.18. The van der Waals surface area contributed by atoms with Crippen molar-refractivity contribution in [3.8, 4) is 6.07 Å². The molecule has 1 rings (SSSR count). The number of hydrogen-bond acceptors (Lipinski definition) is 6. The van der Waals surface area contributed by atoms with Crippen LogP contribution >= 0.6 is 0 Å². The standard InChI is InChI=1S/C8H10N4O2/c9-2-1-6(13)7(14)5-3-11-8(10)12-4-5/h3-4,6-7,13-14H,1H2,(H2,10,11,12). The molecule has 14 heavy (non-hydrogen) atoms. The van der Waals surface area contributed by atoms with Gasteiger partial charge >= 0.3 is 0 Å². The van der Waals surface area contributed by atoms with E-state index in [1.54, 1.807) is 6.07 Å². The lowest BCUT2D eigenvalue weighted by Gasteiger charge is -2.14. The second-order valence-corrected chi connectivity index (χ2v) is 2.75. The molecule has 0 saturated carbocycles. The van der Waals surface area contributed by atoms with Gasteiger partial charge in [0.25, 0.3) is 0 Å². The van der Waals surface area contributed by atoms with Gasteiger partial charge in [-0.25, -0.2) is 9.97 Å². The molecule has 0 aromatic carbocycles. The maximum Gasteiger partial charge on any atom is 0.219 e. The minimum absolute atomic E-state index is 0.0933. The summed E-state index contributed by atoms with van der Waals surface area (Å²) in [7, 11) is 0. The van der Waals surface area contributed by atoms with E-state index in [0.717, 1.165) is 0 Å². The number of anilines is 1. The summed E-state index contributed by atoms with van der Waals surface area (Å²) >= 11 is 0. The van der Waals surface area contributed by atoms with Crippen LogP contribution in [0.2, 0.25) is 0 Å². The van der Waals surface area contributed by atoms with Crippen LogP contribution in [0.1, 0.15) is 18.1 Å². The van der Waals surface area contributed by atoms with Crippen molar-refractivity contribution in [2.45, 2.75) is 18.6 Å². The molecule has 0 aliphatic rings. The van der Waals surface area contributed by atoms with Gasteiger partial charge < -0.3 is 15.9 Å². The van der Waals surface area contributed by atoms with Gasteiger partial charge in [0, 0.05) is 18.0 Å². The Hall–Kier alpha value is -1.71. The molecule has 6 nitrogen and oxygen atoms in total. The predicted octanol–water partition coefficient (Wildman–Crippen LogP) is -0.633. The highest BCUT2D eigenvalue weighted by molar-refractivity contribution is 5.19. The summed E-state index contributed by atoms with van der Waals surface area (Å²) in [6.45, 7) is 0. The molecule has 0 radical (unpaired) electrons. The highest BCUT2D eigenvalue weighted by Gasteiger charge is 2.18. The lowest BCUT2D eigenvalue weighted by molar-refractivity contribution is 0.0212. The van der Waals surface area contributed by atoms with Gasteiger partial charge in [-0.05, 0) is 0 Å². The van der Waals surface area contributed by atoms with Crippen molar-refractivity contribution >= 4 is 5.95 Å². The van der Waals surface area contributed by atoms with Crippen LogP contribution in [0.25, 0.3) is 0 Å². The zero-order valence-electron chi connectivity index (χ0n) is 7.33. The molecule has 0 spiro atoms. The van der Waals surface area contributed by atoms with E-state index in [1.807, 2.05) is 0 Å². The first-order valence-corrected chi connectivity index (χ1v) is 3.95. The molecule has 0 fully saturated rings. The molecule has 0 amide bonds. The second kappa shape index (κ2) is 4.50. The first-order chi connectivity index (χ1) is 6.65. The van der Waals surface area contributed by atoms with E-state index in [9.17, 15) is 10.2 Å². The average molecular weight is 194 g/mol. The van der Waals surface area contributed by atoms with Crippen molar-refractivity contribution in [2.75, 3.05) is 5.73 Å². The highest BCUT2D eigenvalue weighted by Crippen LogP contribution is 2.16. The van der Waals surface area contributed by atoms with E-state index in [1.165, 1.54) is 12.4 Å². The van der Waals surface area contributed by atoms with Gasteiger partial charge in [-0.1, -0.05) is 0 Å². The van der Waals surface area contributed by atoms with E-state index < -0.39 is 12.2 Å². The Labute approximate surface area is 80.7 Å². The fourth-order valence-electron chi connectivity index (χ4n) is 0.928. The third kappa shape index (κ3) is 2.39. The largest absolute Gasteiger partial charge is 0.389 e. The van der Waals surface area contributed by atoms with E-state index >= 15 is 0 Å². The van der Waals surface area contributed by atoms with Crippen LogP contribution in [0, 0.1) is 11.3 Å². The number of nitriles is 1. The lowest BCUT2D eigenvalue weighted by atomic mass is 10.1. The molecule has 4 N–H and O–H groups in total. The topological polar surface area (TPSA) is 116 Å². The van der Waals surface area contributed by atoms with E-state index in [0.29, 0.717) is 5.56 Å². The van der Waals surface area contributed by atoms with Crippen molar-refractivity contribution in [3.63, 3.8) is 0 Å². The van der Waals surface area contributed by atoms with Crippen molar-refractivity contribution in [3.05, 3.63) is 18.0 Å². The van der Waals surface area contributed by atoms with Crippen LogP contribution in [0.3, 0.4) is 0 Å². The normalized spacial score (nSPS) is 14.4. The van der Waals surface area contributed by atoms with Crippen LogP contribution in [0.4, 0.5) is 5.95 Å².